The molecular formula is C13H17N3. The molecule has 1 unspecified atom stereocenters. The third kappa shape index (κ3) is 1.99. The first-order valence-electron chi connectivity index (χ1n) is 5.40. The van der Waals surface area contributed by atoms with Crippen LogP contribution < -0.4 is 5.73 Å². The van der Waals surface area contributed by atoms with Gasteiger partial charge >= 0.3 is 0 Å². The molecule has 84 valence electrons. The van der Waals surface area contributed by atoms with Crippen LogP contribution in [0.3, 0.4) is 0 Å². The Kier molecular flexibility index (Phi) is 2.79. The molecular weight excluding hydrogens is 198 g/mol. The van der Waals surface area contributed by atoms with Crippen LogP contribution in [0.5, 0.6) is 0 Å². The van der Waals surface area contributed by atoms with Gasteiger partial charge < -0.3 is 5.73 Å². The highest BCUT2D eigenvalue weighted by molar-refractivity contribution is 5.34. The van der Waals surface area contributed by atoms with E-state index in [4.69, 9.17) is 5.73 Å². The maximum absolute atomic E-state index is 6.25. The van der Waals surface area contributed by atoms with Gasteiger partial charge in [0, 0.05) is 18.8 Å². The van der Waals surface area contributed by atoms with Crippen molar-refractivity contribution in [2.75, 3.05) is 0 Å². The van der Waals surface area contributed by atoms with E-state index >= 15 is 0 Å². The van der Waals surface area contributed by atoms with E-state index in [1.165, 1.54) is 5.56 Å². The molecule has 0 amide bonds. The Morgan fingerprint density at radius 2 is 2.06 bits per heavy atom. The Balaban J connectivity index is 2.38. The van der Waals surface area contributed by atoms with Crippen LogP contribution in [0, 0.1) is 13.8 Å². The van der Waals surface area contributed by atoms with Crippen LogP contribution in [0.2, 0.25) is 0 Å². The number of hydrogen-bond donors (Lipinski definition) is 1. The van der Waals surface area contributed by atoms with Gasteiger partial charge in [0.25, 0.3) is 0 Å². The van der Waals surface area contributed by atoms with Gasteiger partial charge in [-0.15, -0.1) is 0 Å². The third-order valence-electron chi connectivity index (χ3n) is 2.79. The maximum atomic E-state index is 6.25. The van der Waals surface area contributed by atoms with Crippen molar-refractivity contribution < 1.29 is 0 Å². The van der Waals surface area contributed by atoms with Crippen molar-refractivity contribution in [1.29, 1.82) is 0 Å². The van der Waals surface area contributed by atoms with Crippen LogP contribution in [0.1, 0.15) is 28.4 Å². The number of hydrogen-bond acceptors (Lipinski definition) is 2. The van der Waals surface area contributed by atoms with E-state index in [1.54, 1.807) is 4.68 Å². The van der Waals surface area contributed by atoms with Gasteiger partial charge in [-0.3, -0.25) is 4.68 Å². The summed E-state index contributed by atoms with van der Waals surface area (Å²) < 4.78 is 1.81. The highest BCUT2D eigenvalue weighted by atomic mass is 15.2. The Morgan fingerprint density at radius 3 is 2.62 bits per heavy atom. The van der Waals surface area contributed by atoms with Crippen LogP contribution in [-0.2, 0) is 7.05 Å². The predicted molar refractivity (Wildman–Crippen MR) is 65.2 cm³/mol. The molecule has 16 heavy (non-hydrogen) atoms. The summed E-state index contributed by atoms with van der Waals surface area (Å²) >= 11 is 0. The molecule has 3 heteroatoms. The fourth-order valence-electron chi connectivity index (χ4n) is 1.97. The molecule has 3 nitrogen and oxygen atoms in total. The highest BCUT2D eigenvalue weighted by Crippen LogP contribution is 2.22. The van der Waals surface area contributed by atoms with E-state index in [0.717, 1.165) is 16.8 Å². The number of rotatable bonds is 2. The minimum Gasteiger partial charge on any atom is -0.320 e. The van der Waals surface area contributed by atoms with Gasteiger partial charge in [-0.25, -0.2) is 0 Å². The molecule has 1 aromatic heterocycles. The number of nitrogens with two attached hydrogens (primary N) is 1. The SMILES string of the molecule is Cc1cccc(C(N)c2cn(C)nc2C)c1. The minimum atomic E-state index is -0.0893. The molecule has 1 heterocycles. The standard InChI is InChI=1S/C13H17N3/c1-9-5-4-6-11(7-9)13(14)12-8-16(3)15-10(12)2/h4-8,13H,14H2,1-3H3. The number of aromatic nitrogens is 2. The summed E-state index contributed by atoms with van der Waals surface area (Å²) in [5.74, 6) is 0. The number of aryl methyl sites for hydroxylation is 3. The zero-order chi connectivity index (χ0) is 11.7. The Morgan fingerprint density at radius 1 is 1.31 bits per heavy atom. The lowest BCUT2D eigenvalue weighted by atomic mass is 9.99. The van der Waals surface area contributed by atoms with Crippen LogP contribution in [0.4, 0.5) is 0 Å². The van der Waals surface area contributed by atoms with Gasteiger partial charge in [0.1, 0.15) is 0 Å². The molecule has 2 N–H and O–H groups in total. The molecule has 0 bridgehead atoms. The molecule has 0 aliphatic carbocycles. The highest BCUT2D eigenvalue weighted by Gasteiger charge is 2.13. The molecule has 0 aliphatic heterocycles. The monoisotopic (exact) mass is 215 g/mol. The van der Waals surface area contributed by atoms with Gasteiger partial charge in [-0.05, 0) is 19.4 Å². The third-order valence-corrected chi connectivity index (χ3v) is 2.79. The second kappa shape index (κ2) is 4.10. The summed E-state index contributed by atoms with van der Waals surface area (Å²) in [6, 6.07) is 8.21. The average molecular weight is 215 g/mol. The van der Waals surface area contributed by atoms with Gasteiger partial charge in [0.05, 0.1) is 11.7 Å². The zero-order valence-electron chi connectivity index (χ0n) is 9.94. The van der Waals surface area contributed by atoms with Crippen molar-refractivity contribution in [3.05, 3.63) is 52.8 Å². The van der Waals surface area contributed by atoms with E-state index in [-0.39, 0.29) is 6.04 Å². The lowest BCUT2D eigenvalue weighted by molar-refractivity contribution is 0.756. The van der Waals surface area contributed by atoms with Gasteiger partial charge in [-0.2, -0.15) is 5.10 Å². The molecule has 1 aromatic carbocycles. The first-order chi connectivity index (χ1) is 7.58. The molecule has 0 saturated carbocycles. The van der Waals surface area contributed by atoms with Crippen LogP contribution >= 0.6 is 0 Å². The van der Waals surface area contributed by atoms with Crippen molar-refractivity contribution >= 4 is 0 Å². The van der Waals surface area contributed by atoms with Crippen molar-refractivity contribution in [1.82, 2.24) is 9.78 Å². The summed E-state index contributed by atoms with van der Waals surface area (Å²) in [5.41, 5.74) is 10.7. The van der Waals surface area contributed by atoms with E-state index in [0.29, 0.717) is 0 Å². The maximum Gasteiger partial charge on any atom is 0.0644 e. The molecule has 2 aromatic rings. The van der Waals surface area contributed by atoms with Crippen molar-refractivity contribution in [3.8, 4) is 0 Å². The molecule has 1 atom stereocenters. The second-order valence-corrected chi connectivity index (χ2v) is 4.24. The van der Waals surface area contributed by atoms with Crippen LogP contribution in [0.15, 0.2) is 30.5 Å². The van der Waals surface area contributed by atoms with E-state index in [1.807, 2.05) is 26.2 Å². The Bertz CT molecular complexity index is 500. The van der Waals surface area contributed by atoms with E-state index < -0.39 is 0 Å². The van der Waals surface area contributed by atoms with Gasteiger partial charge in [-0.1, -0.05) is 29.8 Å². The summed E-state index contributed by atoms with van der Waals surface area (Å²) in [5, 5.41) is 4.32. The van der Waals surface area contributed by atoms with Crippen LogP contribution in [0.25, 0.3) is 0 Å². The van der Waals surface area contributed by atoms with E-state index in [9.17, 15) is 0 Å². The Hall–Kier alpha value is -1.61. The lowest BCUT2D eigenvalue weighted by Crippen LogP contribution is -2.12. The average Bonchev–Trinajstić information content (AvgIpc) is 2.57. The normalized spacial score (nSPS) is 12.8. The second-order valence-electron chi connectivity index (χ2n) is 4.24. The van der Waals surface area contributed by atoms with Gasteiger partial charge in [0.15, 0.2) is 0 Å². The topological polar surface area (TPSA) is 43.8 Å². The summed E-state index contributed by atoms with van der Waals surface area (Å²) in [7, 11) is 1.92. The summed E-state index contributed by atoms with van der Waals surface area (Å²) in [6.07, 6.45) is 1.99. The zero-order valence-corrected chi connectivity index (χ0v) is 9.94. The van der Waals surface area contributed by atoms with Gasteiger partial charge in [0.2, 0.25) is 0 Å². The molecule has 0 aliphatic rings. The van der Waals surface area contributed by atoms with Crippen molar-refractivity contribution in [2.24, 2.45) is 12.8 Å². The first-order valence-corrected chi connectivity index (χ1v) is 5.40. The lowest BCUT2D eigenvalue weighted by Gasteiger charge is -2.11. The minimum absolute atomic E-state index is 0.0893. The summed E-state index contributed by atoms with van der Waals surface area (Å²) in [6.45, 7) is 4.07. The van der Waals surface area contributed by atoms with Crippen molar-refractivity contribution in [2.45, 2.75) is 19.9 Å². The number of benzene rings is 1. The largest absolute Gasteiger partial charge is 0.320 e. The predicted octanol–water partition coefficient (Wildman–Crippen LogP) is 2.09. The fourth-order valence-corrected chi connectivity index (χ4v) is 1.97. The molecule has 0 saturated heterocycles. The van der Waals surface area contributed by atoms with Crippen LogP contribution in [-0.4, -0.2) is 9.78 Å². The molecule has 0 spiro atoms. The molecule has 0 fully saturated rings. The molecule has 0 radical (unpaired) electrons. The quantitative estimate of drug-likeness (QED) is 0.833. The first kappa shape index (κ1) is 10.9. The molecule has 2 rings (SSSR count). The fraction of sp³-hybridized carbons (Fsp3) is 0.308. The van der Waals surface area contributed by atoms with Crippen molar-refractivity contribution in [3.63, 3.8) is 0 Å². The smallest absolute Gasteiger partial charge is 0.0644 e. The van der Waals surface area contributed by atoms with E-state index in [2.05, 4.69) is 30.2 Å². The Labute approximate surface area is 95.9 Å². The summed E-state index contributed by atoms with van der Waals surface area (Å²) in [4.78, 5) is 0. The number of nitrogens with zero attached hydrogens (tertiary/aromatic N) is 2.